The van der Waals surface area contributed by atoms with Crippen LogP contribution in [0.1, 0.15) is 5.56 Å². The van der Waals surface area contributed by atoms with Crippen molar-refractivity contribution in [3.8, 4) is 95.9 Å². The summed E-state index contributed by atoms with van der Waals surface area (Å²) in [6.07, 6.45) is 0. The lowest BCUT2D eigenvalue weighted by Gasteiger charge is -2.17. The van der Waals surface area contributed by atoms with Crippen molar-refractivity contribution in [1.29, 1.82) is 5.26 Å². The second-order valence-corrected chi connectivity index (χ2v) is 15.8. The van der Waals surface area contributed by atoms with Crippen molar-refractivity contribution in [2.24, 2.45) is 0 Å². The van der Waals surface area contributed by atoms with Crippen molar-refractivity contribution in [2.45, 2.75) is 0 Å². The summed E-state index contributed by atoms with van der Waals surface area (Å²) < 4.78 is 0. The minimum Gasteiger partial charge on any atom is -0.208 e. The molecule has 11 aromatic rings. The fraction of sp³-hybridized carbons (Fsp3) is 0. The summed E-state index contributed by atoms with van der Waals surface area (Å²) in [7, 11) is 0. The third-order valence-corrected chi connectivity index (χ3v) is 12.3. The van der Waals surface area contributed by atoms with Crippen molar-refractivity contribution >= 4 is 32.3 Å². The van der Waals surface area contributed by atoms with Gasteiger partial charge in [-0.05, 0) is 118 Å². The van der Waals surface area contributed by atoms with Crippen LogP contribution in [0.5, 0.6) is 0 Å². The second kappa shape index (κ2) is 14.3. The third-order valence-electron chi connectivity index (χ3n) is 12.3. The molecule has 4 heteroatoms. The molecule has 4 nitrogen and oxygen atoms in total. The first-order valence-corrected chi connectivity index (χ1v) is 20.8. The molecule has 10 aromatic carbocycles. The molecular formula is C58H34N4. The van der Waals surface area contributed by atoms with Crippen LogP contribution >= 0.6 is 0 Å². The largest absolute Gasteiger partial charge is 0.208 e. The fourth-order valence-corrected chi connectivity index (χ4v) is 9.38. The summed E-state index contributed by atoms with van der Waals surface area (Å²) in [6, 6.07) is 74.9. The van der Waals surface area contributed by atoms with E-state index < -0.39 is 0 Å². The van der Waals surface area contributed by atoms with Gasteiger partial charge >= 0.3 is 0 Å². The Hall–Kier alpha value is -8.52. The van der Waals surface area contributed by atoms with E-state index in [9.17, 15) is 5.26 Å². The van der Waals surface area contributed by atoms with Gasteiger partial charge in [0.2, 0.25) is 0 Å². The highest BCUT2D eigenvalue weighted by Gasteiger charge is 2.26. The van der Waals surface area contributed by atoms with E-state index in [0.29, 0.717) is 23.0 Å². The molecule has 1 aliphatic rings. The van der Waals surface area contributed by atoms with E-state index in [0.717, 1.165) is 49.5 Å². The minimum absolute atomic E-state index is 0.638. The Bertz CT molecular complexity index is 3540. The van der Waals surface area contributed by atoms with E-state index >= 15 is 0 Å². The van der Waals surface area contributed by atoms with Gasteiger partial charge in [0.1, 0.15) is 0 Å². The Morgan fingerprint density at radius 3 is 1.35 bits per heavy atom. The number of nitrogens with zero attached hydrogens (tertiary/aromatic N) is 4. The smallest absolute Gasteiger partial charge is 0.164 e. The van der Waals surface area contributed by atoms with Crippen LogP contribution in [-0.2, 0) is 0 Å². The molecule has 12 rings (SSSR count). The molecule has 0 N–H and O–H groups in total. The molecule has 0 atom stereocenters. The van der Waals surface area contributed by atoms with Crippen molar-refractivity contribution in [3.63, 3.8) is 0 Å². The molecule has 62 heavy (non-hydrogen) atoms. The third kappa shape index (κ3) is 5.79. The maximum absolute atomic E-state index is 9.44. The van der Waals surface area contributed by atoms with Crippen LogP contribution in [0, 0.1) is 11.3 Å². The SMILES string of the molecule is N#Cc1ccc(-c2cccc(-c3ccc4c5c(ccc(-c6cccc7cc8c(-c9nc(-c%10ccccc%10)nc(-c%10ccccc%10)n9)cccc8cc67)c35)-c3ccccc3-4)c2)cc1. The number of hydrogen-bond acceptors (Lipinski definition) is 4. The highest BCUT2D eigenvalue weighted by atomic mass is 15.0. The van der Waals surface area contributed by atoms with Gasteiger partial charge in [0.25, 0.3) is 0 Å². The van der Waals surface area contributed by atoms with Gasteiger partial charge in [-0.25, -0.2) is 15.0 Å². The van der Waals surface area contributed by atoms with E-state index in [1.54, 1.807) is 0 Å². The Morgan fingerprint density at radius 1 is 0.290 bits per heavy atom. The molecule has 0 spiro atoms. The second-order valence-electron chi connectivity index (χ2n) is 15.8. The van der Waals surface area contributed by atoms with E-state index in [1.807, 2.05) is 84.9 Å². The molecule has 0 unspecified atom stereocenters. The molecule has 0 aliphatic heterocycles. The zero-order chi connectivity index (χ0) is 41.1. The van der Waals surface area contributed by atoms with E-state index in [1.165, 1.54) is 55.1 Å². The zero-order valence-corrected chi connectivity index (χ0v) is 33.4. The summed E-state index contributed by atoms with van der Waals surface area (Å²) in [6.45, 7) is 0. The lowest BCUT2D eigenvalue weighted by atomic mass is 9.86. The number of fused-ring (bicyclic) bond motifs is 5. The van der Waals surface area contributed by atoms with Crippen molar-refractivity contribution < 1.29 is 0 Å². The average Bonchev–Trinajstić information content (AvgIpc) is 3.68. The van der Waals surface area contributed by atoms with Gasteiger partial charge in [-0.1, -0.05) is 176 Å². The summed E-state index contributed by atoms with van der Waals surface area (Å²) in [5.74, 6) is 1.92. The Kier molecular flexibility index (Phi) is 8.19. The molecular weight excluding hydrogens is 753 g/mol. The highest BCUT2D eigenvalue weighted by Crippen LogP contribution is 2.52. The maximum atomic E-state index is 9.44. The first kappa shape index (κ1) is 35.4. The van der Waals surface area contributed by atoms with Crippen LogP contribution in [0.15, 0.2) is 206 Å². The van der Waals surface area contributed by atoms with Crippen LogP contribution in [0.3, 0.4) is 0 Å². The van der Waals surface area contributed by atoms with Gasteiger partial charge in [-0.3, -0.25) is 0 Å². The highest BCUT2D eigenvalue weighted by molar-refractivity contribution is 6.24. The summed E-state index contributed by atoms with van der Waals surface area (Å²) in [5, 5.41) is 16.5. The average molecular weight is 787 g/mol. The topological polar surface area (TPSA) is 62.5 Å². The summed E-state index contributed by atoms with van der Waals surface area (Å²) in [4.78, 5) is 15.2. The first-order chi connectivity index (χ1) is 30.7. The van der Waals surface area contributed by atoms with Gasteiger partial charge in [0, 0.05) is 16.7 Å². The molecule has 0 amide bonds. The number of benzene rings is 10. The quantitative estimate of drug-likeness (QED) is 0.158. The van der Waals surface area contributed by atoms with Gasteiger partial charge in [-0.2, -0.15) is 5.26 Å². The Balaban J connectivity index is 1.06. The number of hydrogen-bond donors (Lipinski definition) is 0. The molecule has 0 fully saturated rings. The minimum atomic E-state index is 0.638. The predicted octanol–water partition coefficient (Wildman–Crippen LogP) is 14.9. The molecule has 1 aliphatic carbocycles. The van der Waals surface area contributed by atoms with Gasteiger partial charge in [0.15, 0.2) is 17.5 Å². The van der Waals surface area contributed by atoms with Crippen molar-refractivity contribution in [2.75, 3.05) is 0 Å². The zero-order valence-electron chi connectivity index (χ0n) is 33.4. The molecule has 0 saturated heterocycles. The van der Waals surface area contributed by atoms with Crippen LogP contribution in [0.25, 0.3) is 122 Å². The Morgan fingerprint density at radius 2 is 0.742 bits per heavy atom. The lowest BCUT2D eigenvalue weighted by molar-refractivity contribution is 1.08. The summed E-state index contributed by atoms with van der Waals surface area (Å²) in [5.41, 5.74) is 15.4. The van der Waals surface area contributed by atoms with Gasteiger partial charge < -0.3 is 0 Å². The fourth-order valence-electron chi connectivity index (χ4n) is 9.38. The summed E-state index contributed by atoms with van der Waals surface area (Å²) >= 11 is 0. The van der Waals surface area contributed by atoms with Crippen LogP contribution in [0.2, 0.25) is 0 Å². The van der Waals surface area contributed by atoms with Crippen LogP contribution < -0.4 is 0 Å². The molecule has 0 saturated carbocycles. The van der Waals surface area contributed by atoms with Gasteiger partial charge in [0.05, 0.1) is 11.6 Å². The predicted molar refractivity (Wildman–Crippen MR) is 254 cm³/mol. The number of rotatable bonds is 6. The van der Waals surface area contributed by atoms with Crippen LogP contribution in [-0.4, -0.2) is 15.0 Å². The monoisotopic (exact) mass is 786 g/mol. The van der Waals surface area contributed by atoms with E-state index in [2.05, 4.69) is 127 Å². The van der Waals surface area contributed by atoms with Crippen molar-refractivity contribution in [3.05, 3.63) is 212 Å². The van der Waals surface area contributed by atoms with E-state index in [4.69, 9.17) is 15.0 Å². The van der Waals surface area contributed by atoms with Crippen LogP contribution in [0.4, 0.5) is 0 Å². The molecule has 1 heterocycles. The maximum Gasteiger partial charge on any atom is 0.164 e. The van der Waals surface area contributed by atoms with Gasteiger partial charge in [-0.15, -0.1) is 0 Å². The lowest BCUT2D eigenvalue weighted by Crippen LogP contribution is -2.00. The Labute approximate surface area is 358 Å². The normalized spacial score (nSPS) is 11.5. The number of nitriles is 1. The first-order valence-electron chi connectivity index (χ1n) is 20.8. The standard InChI is InChI=1S/C58H34N4/c59-35-36-24-26-37(27-25-36)40-16-9-17-41(32-40)44-28-29-48-45-20-7-8-21-46(45)49-30-31-50(54(44)55(48)49)47-22-10-18-42-34-53-43(33-52(42)47)19-11-23-51(53)58-61-56(38-12-3-1-4-13-38)60-57(62-58)39-14-5-2-6-15-39/h1-34H. The molecule has 1 aromatic heterocycles. The number of aromatic nitrogens is 3. The molecule has 0 radical (unpaired) electrons. The van der Waals surface area contributed by atoms with E-state index in [-0.39, 0.29) is 0 Å². The molecule has 0 bridgehead atoms. The van der Waals surface area contributed by atoms with Crippen molar-refractivity contribution in [1.82, 2.24) is 15.0 Å². The molecule has 286 valence electrons.